The van der Waals surface area contributed by atoms with Crippen LogP contribution in [0.1, 0.15) is 5.56 Å². The van der Waals surface area contributed by atoms with Gasteiger partial charge in [0.2, 0.25) is 0 Å². The topological polar surface area (TPSA) is 12.9 Å². The first kappa shape index (κ1) is 12.6. The summed E-state index contributed by atoms with van der Waals surface area (Å²) >= 11 is 9.59. The Hall–Kier alpha value is -1.38. The maximum Gasteiger partial charge on any atom is 0.0854 e. The van der Waals surface area contributed by atoms with E-state index < -0.39 is 0 Å². The molecular formula is C16H11BrClN. The Morgan fingerprint density at radius 3 is 2.42 bits per heavy atom. The van der Waals surface area contributed by atoms with Gasteiger partial charge in [0.05, 0.1) is 11.2 Å². The molecular weight excluding hydrogens is 322 g/mol. The molecule has 3 aromatic rings. The highest BCUT2D eigenvalue weighted by atomic mass is 79.9. The van der Waals surface area contributed by atoms with Crippen LogP contribution in [0, 0.1) is 6.92 Å². The van der Waals surface area contributed by atoms with Crippen molar-refractivity contribution >= 4 is 38.4 Å². The SMILES string of the molecule is Cc1c(Br)c(-c2ccc(Cl)cc2)nc2ccccc12. The predicted molar refractivity (Wildman–Crippen MR) is 84.6 cm³/mol. The number of fused-ring (bicyclic) bond motifs is 1. The van der Waals surface area contributed by atoms with Crippen molar-refractivity contribution in [3.8, 4) is 11.3 Å². The maximum atomic E-state index is 5.93. The van der Waals surface area contributed by atoms with Gasteiger partial charge in [-0.1, -0.05) is 41.9 Å². The van der Waals surface area contributed by atoms with Crippen LogP contribution >= 0.6 is 27.5 Å². The van der Waals surface area contributed by atoms with E-state index in [1.807, 2.05) is 42.5 Å². The molecule has 0 bridgehead atoms. The number of hydrogen-bond acceptors (Lipinski definition) is 1. The van der Waals surface area contributed by atoms with Gasteiger partial charge >= 0.3 is 0 Å². The number of para-hydroxylation sites is 1. The van der Waals surface area contributed by atoms with E-state index in [4.69, 9.17) is 16.6 Å². The molecule has 0 fully saturated rings. The second-order valence-corrected chi connectivity index (χ2v) is 5.65. The van der Waals surface area contributed by atoms with Gasteiger partial charge < -0.3 is 0 Å². The number of hydrogen-bond donors (Lipinski definition) is 0. The van der Waals surface area contributed by atoms with Gasteiger partial charge in [-0.3, -0.25) is 0 Å². The first-order chi connectivity index (χ1) is 9.16. The van der Waals surface area contributed by atoms with Crippen molar-refractivity contribution in [3.63, 3.8) is 0 Å². The zero-order valence-electron chi connectivity index (χ0n) is 10.3. The average molecular weight is 333 g/mol. The van der Waals surface area contributed by atoms with Gasteiger partial charge in [0.15, 0.2) is 0 Å². The maximum absolute atomic E-state index is 5.93. The Kier molecular flexibility index (Phi) is 3.29. The monoisotopic (exact) mass is 331 g/mol. The molecule has 3 rings (SSSR count). The molecule has 0 saturated carbocycles. The van der Waals surface area contributed by atoms with Crippen molar-refractivity contribution in [2.75, 3.05) is 0 Å². The van der Waals surface area contributed by atoms with Crippen molar-refractivity contribution in [3.05, 3.63) is 63.6 Å². The molecule has 0 spiro atoms. The van der Waals surface area contributed by atoms with Gasteiger partial charge in [-0.05, 0) is 46.6 Å². The molecule has 2 aromatic carbocycles. The molecule has 0 saturated heterocycles. The van der Waals surface area contributed by atoms with Crippen molar-refractivity contribution in [1.29, 1.82) is 0 Å². The molecule has 1 aromatic heterocycles. The molecule has 0 atom stereocenters. The number of nitrogens with zero attached hydrogens (tertiary/aromatic N) is 1. The largest absolute Gasteiger partial charge is 0.247 e. The van der Waals surface area contributed by atoms with Crippen LogP contribution < -0.4 is 0 Å². The zero-order chi connectivity index (χ0) is 13.4. The third-order valence-electron chi connectivity index (χ3n) is 3.20. The van der Waals surface area contributed by atoms with E-state index in [1.54, 1.807) is 0 Å². The molecule has 0 unspecified atom stereocenters. The number of halogens is 2. The first-order valence-corrected chi connectivity index (χ1v) is 7.14. The number of aromatic nitrogens is 1. The molecule has 0 aliphatic carbocycles. The van der Waals surface area contributed by atoms with Crippen molar-refractivity contribution in [1.82, 2.24) is 4.98 Å². The average Bonchev–Trinajstić information content (AvgIpc) is 2.44. The van der Waals surface area contributed by atoms with Crippen molar-refractivity contribution in [2.24, 2.45) is 0 Å². The summed E-state index contributed by atoms with van der Waals surface area (Å²) in [5.41, 5.74) is 4.22. The summed E-state index contributed by atoms with van der Waals surface area (Å²) in [4.78, 5) is 4.75. The lowest BCUT2D eigenvalue weighted by Crippen LogP contribution is -1.91. The van der Waals surface area contributed by atoms with E-state index in [-0.39, 0.29) is 0 Å². The summed E-state index contributed by atoms with van der Waals surface area (Å²) in [7, 11) is 0. The number of benzene rings is 2. The van der Waals surface area contributed by atoms with Gasteiger partial charge in [0.1, 0.15) is 0 Å². The second kappa shape index (κ2) is 4.95. The van der Waals surface area contributed by atoms with Gasteiger partial charge in [-0.15, -0.1) is 0 Å². The van der Waals surface area contributed by atoms with Gasteiger partial charge in [-0.25, -0.2) is 4.98 Å². The van der Waals surface area contributed by atoms with Gasteiger partial charge in [0, 0.05) is 20.4 Å². The summed E-state index contributed by atoms with van der Waals surface area (Å²) in [5.74, 6) is 0. The molecule has 19 heavy (non-hydrogen) atoms. The van der Waals surface area contributed by atoms with Gasteiger partial charge in [-0.2, -0.15) is 0 Å². The van der Waals surface area contributed by atoms with Gasteiger partial charge in [0.25, 0.3) is 0 Å². The van der Waals surface area contributed by atoms with Crippen LogP contribution in [0.4, 0.5) is 0 Å². The Labute approximate surface area is 125 Å². The summed E-state index contributed by atoms with van der Waals surface area (Å²) in [6, 6.07) is 15.9. The standard InChI is InChI=1S/C16H11BrClN/c1-10-13-4-2-3-5-14(13)19-16(15(10)17)11-6-8-12(18)9-7-11/h2-9H,1H3. The van der Waals surface area contributed by atoms with Crippen LogP contribution in [-0.4, -0.2) is 4.98 Å². The summed E-state index contributed by atoms with van der Waals surface area (Å²) in [5, 5.41) is 1.91. The molecule has 1 nitrogen and oxygen atoms in total. The number of aryl methyl sites for hydroxylation is 1. The third kappa shape index (κ3) is 2.26. The van der Waals surface area contributed by atoms with E-state index in [0.717, 1.165) is 26.3 Å². The van der Waals surface area contributed by atoms with E-state index in [0.29, 0.717) is 0 Å². The highest BCUT2D eigenvalue weighted by Gasteiger charge is 2.11. The fourth-order valence-electron chi connectivity index (χ4n) is 2.15. The van der Waals surface area contributed by atoms with Crippen LogP contribution in [-0.2, 0) is 0 Å². The van der Waals surface area contributed by atoms with Crippen LogP contribution in [0.3, 0.4) is 0 Å². The second-order valence-electron chi connectivity index (χ2n) is 4.42. The molecule has 0 amide bonds. The lowest BCUT2D eigenvalue weighted by Gasteiger charge is -2.10. The summed E-state index contributed by atoms with van der Waals surface area (Å²) < 4.78 is 1.04. The van der Waals surface area contributed by atoms with Crippen LogP contribution in [0.25, 0.3) is 22.2 Å². The quantitative estimate of drug-likeness (QED) is 0.563. The highest BCUT2D eigenvalue weighted by Crippen LogP contribution is 2.33. The Bertz CT molecular complexity index is 751. The lowest BCUT2D eigenvalue weighted by atomic mass is 10.1. The van der Waals surface area contributed by atoms with E-state index in [1.165, 1.54) is 10.9 Å². The van der Waals surface area contributed by atoms with E-state index in [2.05, 4.69) is 28.9 Å². The fourth-order valence-corrected chi connectivity index (χ4v) is 2.81. The minimum atomic E-state index is 0.734. The third-order valence-corrected chi connectivity index (χ3v) is 4.42. The Morgan fingerprint density at radius 1 is 1.00 bits per heavy atom. The predicted octanol–water partition coefficient (Wildman–Crippen LogP) is 5.63. The Morgan fingerprint density at radius 2 is 1.68 bits per heavy atom. The van der Waals surface area contributed by atoms with Crippen LogP contribution in [0.2, 0.25) is 5.02 Å². The normalized spacial score (nSPS) is 10.9. The zero-order valence-corrected chi connectivity index (χ0v) is 12.7. The minimum absolute atomic E-state index is 0.734. The molecule has 0 N–H and O–H groups in total. The molecule has 94 valence electrons. The molecule has 0 radical (unpaired) electrons. The highest BCUT2D eigenvalue weighted by molar-refractivity contribution is 9.10. The van der Waals surface area contributed by atoms with Crippen molar-refractivity contribution < 1.29 is 0 Å². The minimum Gasteiger partial charge on any atom is -0.247 e. The summed E-state index contributed by atoms with van der Waals surface area (Å²) in [6.07, 6.45) is 0. The lowest BCUT2D eigenvalue weighted by molar-refractivity contribution is 1.33. The molecule has 3 heteroatoms. The van der Waals surface area contributed by atoms with Crippen LogP contribution in [0.5, 0.6) is 0 Å². The van der Waals surface area contributed by atoms with E-state index in [9.17, 15) is 0 Å². The first-order valence-electron chi connectivity index (χ1n) is 5.97. The smallest absolute Gasteiger partial charge is 0.0854 e. The van der Waals surface area contributed by atoms with Crippen molar-refractivity contribution in [2.45, 2.75) is 6.92 Å². The summed E-state index contributed by atoms with van der Waals surface area (Å²) in [6.45, 7) is 2.10. The number of rotatable bonds is 1. The Balaban J connectivity index is 2.29. The van der Waals surface area contributed by atoms with E-state index >= 15 is 0 Å². The molecule has 0 aliphatic rings. The molecule has 1 heterocycles. The fraction of sp³-hybridized carbons (Fsp3) is 0.0625. The van der Waals surface area contributed by atoms with Crippen LogP contribution in [0.15, 0.2) is 53.0 Å². The number of pyridine rings is 1. The molecule has 0 aliphatic heterocycles.